The molecule has 0 amide bonds. The van der Waals surface area contributed by atoms with Gasteiger partial charge in [0.25, 0.3) is 0 Å². The summed E-state index contributed by atoms with van der Waals surface area (Å²) in [6, 6.07) is 0. The molecular weight excluding hydrogens is 304 g/mol. The SMILES string of the molecule is CC(C)C1CCC2=C(CC[C@@H]3[C@]2(C)CCC[C@]3(C)C2CCOCC2)C1. The minimum Gasteiger partial charge on any atom is -0.381 e. The maximum Gasteiger partial charge on any atom is 0.0468 e. The first kappa shape index (κ1) is 18.1. The molecule has 25 heavy (non-hydrogen) atoms. The molecule has 1 heterocycles. The minimum atomic E-state index is 0.515. The fourth-order valence-corrected chi connectivity index (χ4v) is 7.65. The van der Waals surface area contributed by atoms with Crippen molar-refractivity contribution in [1.29, 1.82) is 0 Å². The first-order valence-electron chi connectivity index (χ1n) is 11.2. The van der Waals surface area contributed by atoms with Crippen LogP contribution in [0.25, 0.3) is 0 Å². The molecule has 0 aromatic heterocycles. The van der Waals surface area contributed by atoms with E-state index in [2.05, 4.69) is 27.7 Å². The monoisotopic (exact) mass is 344 g/mol. The lowest BCUT2D eigenvalue weighted by Crippen LogP contribution is -2.51. The summed E-state index contributed by atoms with van der Waals surface area (Å²) < 4.78 is 5.71. The standard InChI is InChI=1S/C24H40O/c1-17(2)18-6-8-21-19(16-18)7-9-22-23(3,12-5-13-24(21,22)4)20-10-14-25-15-11-20/h17-18,20,22H,5-16H2,1-4H3/t18?,22-,23+,24+/m0/s1. The largest absolute Gasteiger partial charge is 0.381 e. The summed E-state index contributed by atoms with van der Waals surface area (Å²) in [6.45, 7) is 12.2. The Morgan fingerprint density at radius 2 is 1.72 bits per heavy atom. The van der Waals surface area contributed by atoms with Crippen molar-refractivity contribution >= 4 is 0 Å². The summed E-state index contributed by atoms with van der Waals surface area (Å²) in [5.74, 6) is 3.63. The molecule has 1 nitrogen and oxygen atoms in total. The van der Waals surface area contributed by atoms with Crippen molar-refractivity contribution in [3.8, 4) is 0 Å². The Bertz CT molecular complexity index is 526. The molecule has 0 aromatic carbocycles. The highest BCUT2D eigenvalue weighted by Crippen LogP contribution is 2.65. The third-order valence-corrected chi connectivity index (χ3v) is 9.20. The smallest absolute Gasteiger partial charge is 0.0468 e. The molecule has 4 rings (SSSR count). The lowest BCUT2D eigenvalue weighted by molar-refractivity contribution is -0.0799. The molecule has 0 N–H and O–H groups in total. The molecule has 142 valence electrons. The summed E-state index contributed by atoms with van der Waals surface area (Å²) in [7, 11) is 0. The number of hydrogen-bond donors (Lipinski definition) is 0. The third kappa shape index (κ3) is 2.93. The van der Waals surface area contributed by atoms with Gasteiger partial charge in [0, 0.05) is 13.2 Å². The van der Waals surface area contributed by atoms with Crippen molar-refractivity contribution in [3.63, 3.8) is 0 Å². The van der Waals surface area contributed by atoms with Gasteiger partial charge in [-0.3, -0.25) is 0 Å². The summed E-state index contributed by atoms with van der Waals surface area (Å²) in [5, 5.41) is 0. The molecule has 2 fully saturated rings. The van der Waals surface area contributed by atoms with Crippen LogP contribution in [-0.2, 0) is 4.74 Å². The molecule has 0 radical (unpaired) electrons. The van der Waals surface area contributed by atoms with Gasteiger partial charge in [0.2, 0.25) is 0 Å². The van der Waals surface area contributed by atoms with Gasteiger partial charge in [-0.2, -0.15) is 0 Å². The van der Waals surface area contributed by atoms with E-state index in [4.69, 9.17) is 4.74 Å². The Morgan fingerprint density at radius 3 is 2.44 bits per heavy atom. The maximum absolute atomic E-state index is 5.71. The molecule has 1 saturated carbocycles. The van der Waals surface area contributed by atoms with E-state index < -0.39 is 0 Å². The second-order valence-electron chi connectivity index (χ2n) is 10.6. The fourth-order valence-electron chi connectivity index (χ4n) is 7.65. The Balaban J connectivity index is 1.63. The van der Waals surface area contributed by atoms with E-state index in [1.165, 1.54) is 64.2 Å². The first-order valence-corrected chi connectivity index (χ1v) is 11.2. The van der Waals surface area contributed by atoms with Crippen molar-refractivity contribution in [2.24, 2.45) is 34.5 Å². The van der Waals surface area contributed by atoms with Gasteiger partial charge in [0.05, 0.1) is 0 Å². The van der Waals surface area contributed by atoms with E-state index in [0.717, 1.165) is 36.9 Å². The fraction of sp³-hybridized carbons (Fsp3) is 0.917. The van der Waals surface area contributed by atoms with Crippen molar-refractivity contribution in [3.05, 3.63) is 11.1 Å². The average molecular weight is 345 g/mol. The Hall–Kier alpha value is -0.300. The van der Waals surface area contributed by atoms with E-state index in [1.54, 1.807) is 0 Å². The highest BCUT2D eigenvalue weighted by molar-refractivity contribution is 5.31. The molecular formula is C24H40O. The second-order valence-corrected chi connectivity index (χ2v) is 10.6. The molecule has 4 atom stereocenters. The van der Waals surface area contributed by atoms with Gasteiger partial charge >= 0.3 is 0 Å². The zero-order chi connectivity index (χ0) is 17.7. The second kappa shape index (κ2) is 6.70. The minimum absolute atomic E-state index is 0.515. The van der Waals surface area contributed by atoms with Crippen molar-refractivity contribution in [2.75, 3.05) is 13.2 Å². The molecule has 1 saturated heterocycles. The van der Waals surface area contributed by atoms with E-state index in [0.29, 0.717) is 10.8 Å². The predicted molar refractivity (Wildman–Crippen MR) is 106 cm³/mol. The van der Waals surface area contributed by atoms with Crippen LogP contribution in [0.1, 0.15) is 91.9 Å². The molecule has 0 bridgehead atoms. The van der Waals surface area contributed by atoms with Gasteiger partial charge in [0.1, 0.15) is 0 Å². The van der Waals surface area contributed by atoms with Crippen LogP contribution >= 0.6 is 0 Å². The van der Waals surface area contributed by atoms with E-state index in [9.17, 15) is 0 Å². The van der Waals surface area contributed by atoms with Gasteiger partial charge in [-0.25, -0.2) is 0 Å². The number of hydrogen-bond acceptors (Lipinski definition) is 1. The number of ether oxygens (including phenoxy) is 1. The van der Waals surface area contributed by atoms with Gasteiger partial charge in [-0.05, 0) is 92.3 Å². The normalized spacial score (nSPS) is 43.1. The molecule has 4 aliphatic rings. The van der Waals surface area contributed by atoms with Crippen LogP contribution in [-0.4, -0.2) is 13.2 Å². The van der Waals surface area contributed by atoms with Crippen LogP contribution in [0.2, 0.25) is 0 Å². The predicted octanol–water partition coefficient (Wildman–Crippen LogP) is 6.77. The molecule has 0 aromatic rings. The van der Waals surface area contributed by atoms with Crippen LogP contribution < -0.4 is 0 Å². The molecule has 1 heteroatoms. The van der Waals surface area contributed by atoms with Crippen LogP contribution in [0.4, 0.5) is 0 Å². The summed E-state index contributed by atoms with van der Waals surface area (Å²) >= 11 is 0. The van der Waals surface area contributed by atoms with Gasteiger partial charge in [-0.1, -0.05) is 45.3 Å². The van der Waals surface area contributed by atoms with Crippen molar-refractivity contribution in [1.82, 2.24) is 0 Å². The lowest BCUT2D eigenvalue weighted by Gasteiger charge is -2.60. The van der Waals surface area contributed by atoms with Gasteiger partial charge in [0.15, 0.2) is 0 Å². The van der Waals surface area contributed by atoms with E-state index >= 15 is 0 Å². The van der Waals surface area contributed by atoms with Gasteiger partial charge < -0.3 is 4.74 Å². The number of fused-ring (bicyclic) bond motifs is 2. The zero-order valence-electron chi connectivity index (χ0n) is 17.2. The average Bonchev–Trinajstić information content (AvgIpc) is 2.62. The van der Waals surface area contributed by atoms with Crippen LogP contribution in [0.3, 0.4) is 0 Å². The third-order valence-electron chi connectivity index (χ3n) is 9.20. The molecule has 1 unspecified atom stereocenters. The number of rotatable bonds is 2. The summed E-state index contributed by atoms with van der Waals surface area (Å²) in [5.41, 5.74) is 4.92. The van der Waals surface area contributed by atoms with Crippen LogP contribution in [0.5, 0.6) is 0 Å². The van der Waals surface area contributed by atoms with E-state index in [-0.39, 0.29) is 0 Å². The van der Waals surface area contributed by atoms with Gasteiger partial charge in [-0.15, -0.1) is 0 Å². The molecule has 1 aliphatic heterocycles. The zero-order valence-corrected chi connectivity index (χ0v) is 17.2. The van der Waals surface area contributed by atoms with Crippen molar-refractivity contribution in [2.45, 2.75) is 91.9 Å². The molecule has 0 spiro atoms. The van der Waals surface area contributed by atoms with E-state index in [1.807, 2.05) is 11.1 Å². The van der Waals surface area contributed by atoms with Crippen LogP contribution in [0, 0.1) is 34.5 Å². The Morgan fingerprint density at radius 1 is 0.960 bits per heavy atom. The highest BCUT2D eigenvalue weighted by atomic mass is 16.5. The highest BCUT2D eigenvalue weighted by Gasteiger charge is 2.55. The van der Waals surface area contributed by atoms with Crippen molar-refractivity contribution < 1.29 is 4.74 Å². The summed E-state index contributed by atoms with van der Waals surface area (Å²) in [4.78, 5) is 0. The first-order chi connectivity index (χ1) is 11.9. The quantitative estimate of drug-likeness (QED) is 0.502. The summed E-state index contributed by atoms with van der Waals surface area (Å²) in [6.07, 6.45) is 14.2. The lowest BCUT2D eigenvalue weighted by atomic mass is 9.45. The Kier molecular flexibility index (Phi) is 4.84. The number of allylic oxidation sites excluding steroid dienone is 2. The topological polar surface area (TPSA) is 9.23 Å². The van der Waals surface area contributed by atoms with Crippen LogP contribution in [0.15, 0.2) is 11.1 Å². The maximum atomic E-state index is 5.71. The molecule has 3 aliphatic carbocycles. The Labute approximate surface area is 156 Å².